The van der Waals surface area contributed by atoms with Crippen LogP contribution in [-0.2, 0) is 16.1 Å². The maximum absolute atomic E-state index is 12.4. The summed E-state index contributed by atoms with van der Waals surface area (Å²) in [6.07, 6.45) is 2.74. The van der Waals surface area contributed by atoms with Gasteiger partial charge in [0.15, 0.2) is 5.82 Å². The molecule has 0 aromatic carbocycles. The topological polar surface area (TPSA) is 83.7 Å². The van der Waals surface area contributed by atoms with E-state index in [1.165, 1.54) is 6.42 Å². The van der Waals surface area contributed by atoms with Crippen LogP contribution in [-0.4, -0.2) is 71.7 Å². The van der Waals surface area contributed by atoms with Gasteiger partial charge < -0.3 is 19.5 Å². The molecule has 0 spiro atoms. The molecule has 146 valence electrons. The van der Waals surface area contributed by atoms with Crippen LogP contribution >= 0.6 is 0 Å². The minimum atomic E-state index is -0.151. The van der Waals surface area contributed by atoms with E-state index in [4.69, 9.17) is 9.26 Å². The Bertz CT molecular complexity index is 565. The van der Waals surface area contributed by atoms with Crippen molar-refractivity contribution in [1.29, 1.82) is 0 Å². The van der Waals surface area contributed by atoms with Gasteiger partial charge in [0.2, 0.25) is 11.8 Å². The zero-order chi connectivity index (χ0) is 18.4. The third kappa shape index (κ3) is 5.25. The van der Waals surface area contributed by atoms with Gasteiger partial charge in [0, 0.05) is 39.2 Å². The lowest BCUT2D eigenvalue weighted by molar-refractivity contribution is -0.133. The summed E-state index contributed by atoms with van der Waals surface area (Å²) < 4.78 is 10.8. The van der Waals surface area contributed by atoms with Crippen LogP contribution in [0.4, 0.5) is 0 Å². The molecule has 1 N–H and O–H groups in total. The van der Waals surface area contributed by atoms with Gasteiger partial charge in [-0.15, -0.1) is 0 Å². The van der Waals surface area contributed by atoms with E-state index in [-0.39, 0.29) is 6.10 Å². The summed E-state index contributed by atoms with van der Waals surface area (Å²) in [5, 5.41) is 7.36. The van der Waals surface area contributed by atoms with Gasteiger partial charge >= 0.3 is 0 Å². The normalized spacial score (nSPS) is 22.7. The summed E-state index contributed by atoms with van der Waals surface area (Å²) in [6, 6.07) is 0. The number of nitrogens with zero attached hydrogens (tertiary/aromatic N) is 4. The largest absolute Gasteiger partial charge is 0.371 e. The fourth-order valence-electron chi connectivity index (χ4n) is 3.62. The van der Waals surface area contributed by atoms with Gasteiger partial charge in [-0.3, -0.25) is 9.69 Å². The third-order valence-corrected chi connectivity index (χ3v) is 5.28. The van der Waals surface area contributed by atoms with Gasteiger partial charge in [0.05, 0.1) is 6.54 Å². The summed E-state index contributed by atoms with van der Waals surface area (Å²) in [4.78, 5) is 21.1. The Hall–Kier alpha value is -1.51. The van der Waals surface area contributed by atoms with Crippen molar-refractivity contribution in [3.63, 3.8) is 0 Å². The van der Waals surface area contributed by atoms with Crippen LogP contribution in [0, 0.1) is 5.92 Å². The number of ether oxygens (including phenoxy) is 1. The second kappa shape index (κ2) is 9.43. The number of amides is 1. The summed E-state index contributed by atoms with van der Waals surface area (Å²) in [5.74, 6) is 2.17. The fourth-order valence-corrected chi connectivity index (χ4v) is 3.62. The van der Waals surface area contributed by atoms with Crippen molar-refractivity contribution in [1.82, 2.24) is 25.3 Å². The zero-order valence-electron chi connectivity index (χ0n) is 15.9. The predicted octanol–water partition coefficient (Wildman–Crippen LogP) is 1.20. The highest BCUT2D eigenvalue weighted by atomic mass is 16.5. The molecule has 2 aliphatic heterocycles. The first-order chi connectivity index (χ1) is 12.7. The Morgan fingerprint density at radius 2 is 2.19 bits per heavy atom. The van der Waals surface area contributed by atoms with Crippen LogP contribution in [0.25, 0.3) is 0 Å². The summed E-state index contributed by atoms with van der Waals surface area (Å²) in [7, 11) is 0. The molecule has 2 aliphatic rings. The molecular formula is C18H31N5O3. The van der Waals surface area contributed by atoms with Crippen LogP contribution in [0.5, 0.6) is 0 Å². The first kappa shape index (κ1) is 19.3. The Kier molecular flexibility index (Phi) is 6.99. The molecule has 3 heterocycles. The lowest BCUT2D eigenvalue weighted by Crippen LogP contribution is -2.48. The number of hydrogen-bond donors (Lipinski definition) is 1. The molecule has 2 atom stereocenters. The number of carbonyl (C=O) groups excluding carboxylic acids is 1. The smallest absolute Gasteiger partial charge is 0.240 e. The van der Waals surface area contributed by atoms with E-state index in [0.717, 1.165) is 45.7 Å². The molecule has 26 heavy (non-hydrogen) atoms. The minimum absolute atomic E-state index is 0.151. The molecule has 1 amide bonds. The molecule has 1 aromatic heterocycles. The molecule has 8 nitrogen and oxygen atoms in total. The van der Waals surface area contributed by atoms with Gasteiger partial charge in [0.25, 0.3) is 0 Å². The maximum atomic E-state index is 12.4. The second-order valence-electron chi connectivity index (χ2n) is 7.20. The number of aromatic nitrogens is 2. The van der Waals surface area contributed by atoms with E-state index in [2.05, 4.69) is 20.4 Å². The zero-order valence-corrected chi connectivity index (χ0v) is 15.9. The molecule has 3 rings (SSSR count). The van der Waals surface area contributed by atoms with Gasteiger partial charge in [-0.1, -0.05) is 5.16 Å². The monoisotopic (exact) mass is 365 g/mol. The van der Waals surface area contributed by atoms with Crippen molar-refractivity contribution in [2.24, 2.45) is 5.92 Å². The van der Waals surface area contributed by atoms with Crippen molar-refractivity contribution < 1.29 is 14.1 Å². The number of piperazine rings is 1. The summed E-state index contributed by atoms with van der Waals surface area (Å²) in [5.41, 5.74) is 0. The van der Waals surface area contributed by atoms with Crippen molar-refractivity contribution in [3.05, 3.63) is 11.7 Å². The molecule has 0 radical (unpaired) electrons. The van der Waals surface area contributed by atoms with E-state index in [1.54, 1.807) is 0 Å². The average Bonchev–Trinajstić information content (AvgIpc) is 3.32. The van der Waals surface area contributed by atoms with Gasteiger partial charge in [-0.05, 0) is 45.7 Å². The fraction of sp³-hybridized carbons (Fsp3) is 0.833. The Balaban J connectivity index is 1.38. The Morgan fingerprint density at radius 1 is 1.38 bits per heavy atom. The number of carbonyl (C=O) groups is 1. The first-order valence-corrected chi connectivity index (χ1v) is 9.80. The van der Waals surface area contributed by atoms with Crippen molar-refractivity contribution in [2.45, 2.75) is 45.8 Å². The van der Waals surface area contributed by atoms with Crippen LogP contribution in [0.2, 0.25) is 0 Å². The number of hydrogen-bond acceptors (Lipinski definition) is 7. The standard InChI is InChI=1S/C18H31N5O3/c1-3-25-14(2)18-20-16(26-21-18)13-22-8-10-23(11-9-22)17(24)5-4-15-6-7-19-12-15/h14-15,19H,3-13H2,1-2H3. The SMILES string of the molecule is CCOC(C)c1noc(CN2CCN(C(=O)CCC3CCNC3)CC2)n1. The molecule has 1 aromatic rings. The van der Waals surface area contributed by atoms with Gasteiger partial charge in [0.1, 0.15) is 6.10 Å². The molecule has 8 heteroatoms. The lowest BCUT2D eigenvalue weighted by Gasteiger charge is -2.34. The van der Waals surface area contributed by atoms with Crippen LogP contribution in [0.1, 0.15) is 50.9 Å². The van der Waals surface area contributed by atoms with Crippen molar-refractivity contribution in [2.75, 3.05) is 45.9 Å². The van der Waals surface area contributed by atoms with E-state index in [0.29, 0.717) is 43.1 Å². The second-order valence-corrected chi connectivity index (χ2v) is 7.20. The van der Waals surface area contributed by atoms with E-state index < -0.39 is 0 Å². The summed E-state index contributed by atoms with van der Waals surface area (Å²) >= 11 is 0. The van der Waals surface area contributed by atoms with Gasteiger partial charge in [-0.2, -0.15) is 4.98 Å². The minimum Gasteiger partial charge on any atom is -0.371 e. The quantitative estimate of drug-likeness (QED) is 0.741. The molecule has 2 fully saturated rings. The predicted molar refractivity (Wildman–Crippen MR) is 96.4 cm³/mol. The average molecular weight is 365 g/mol. The molecule has 0 saturated carbocycles. The Morgan fingerprint density at radius 3 is 2.88 bits per heavy atom. The highest BCUT2D eigenvalue weighted by Gasteiger charge is 2.24. The molecule has 0 bridgehead atoms. The van der Waals surface area contributed by atoms with Gasteiger partial charge in [-0.25, -0.2) is 0 Å². The van der Waals surface area contributed by atoms with Crippen LogP contribution in [0.3, 0.4) is 0 Å². The van der Waals surface area contributed by atoms with E-state index >= 15 is 0 Å². The number of nitrogens with one attached hydrogen (secondary N) is 1. The molecule has 2 unspecified atom stereocenters. The lowest BCUT2D eigenvalue weighted by atomic mass is 10.0. The van der Waals surface area contributed by atoms with Crippen LogP contribution in [0.15, 0.2) is 4.52 Å². The maximum Gasteiger partial charge on any atom is 0.240 e. The number of rotatable bonds is 8. The first-order valence-electron chi connectivity index (χ1n) is 9.80. The van der Waals surface area contributed by atoms with E-state index in [1.807, 2.05) is 18.7 Å². The van der Waals surface area contributed by atoms with Crippen molar-refractivity contribution >= 4 is 5.91 Å². The Labute approximate surface area is 155 Å². The van der Waals surface area contributed by atoms with Crippen LogP contribution < -0.4 is 5.32 Å². The molecule has 2 saturated heterocycles. The molecule has 0 aliphatic carbocycles. The molecular weight excluding hydrogens is 334 g/mol. The highest BCUT2D eigenvalue weighted by Crippen LogP contribution is 2.17. The van der Waals surface area contributed by atoms with Crippen molar-refractivity contribution in [3.8, 4) is 0 Å². The highest BCUT2D eigenvalue weighted by molar-refractivity contribution is 5.76. The third-order valence-electron chi connectivity index (χ3n) is 5.28. The summed E-state index contributed by atoms with van der Waals surface area (Å²) in [6.45, 7) is 10.5. The van der Waals surface area contributed by atoms with E-state index in [9.17, 15) is 4.79 Å².